The van der Waals surface area contributed by atoms with Crippen LogP contribution in [0.1, 0.15) is 16.8 Å². The summed E-state index contributed by atoms with van der Waals surface area (Å²) in [4.78, 5) is 7.81. The highest BCUT2D eigenvalue weighted by Gasteiger charge is 2.10. The number of aromatic hydroxyl groups is 1. The molecule has 0 atom stereocenters. The zero-order valence-electron chi connectivity index (χ0n) is 10.3. The molecular weight excluding hydrogens is 230 g/mol. The standard InChI is InChI=1S/C13H15N3O2/c1-8-11(12(17)16-13(14)15-8)7-9-3-5-10(18-2)6-4-9/h3-6H,7H2,1-2H3,(H3,14,15,16,17). The van der Waals surface area contributed by atoms with Crippen LogP contribution in [0.2, 0.25) is 0 Å². The zero-order chi connectivity index (χ0) is 13.1. The second-order valence-electron chi connectivity index (χ2n) is 3.99. The van der Waals surface area contributed by atoms with Crippen LogP contribution in [-0.4, -0.2) is 22.2 Å². The first-order valence-electron chi connectivity index (χ1n) is 5.55. The Balaban J connectivity index is 2.28. The van der Waals surface area contributed by atoms with Crippen molar-refractivity contribution < 1.29 is 9.84 Å². The minimum atomic E-state index is -0.0594. The Kier molecular flexibility index (Phi) is 3.32. The number of nitrogens with zero attached hydrogens (tertiary/aromatic N) is 2. The Hall–Kier alpha value is -2.30. The molecule has 2 aromatic rings. The molecule has 0 aliphatic heterocycles. The van der Waals surface area contributed by atoms with Crippen LogP contribution in [0.25, 0.3) is 0 Å². The molecule has 94 valence electrons. The van der Waals surface area contributed by atoms with Crippen LogP contribution in [0.5, 0.6) is 11.6 Å². The lowest BCUT2D eigenvalue weighted by Gasteiger charge is -2.08. The number of aromatic nitrogens is 2. The molecule has 3 N–H and O–H groups in total. The van der Waals surface area contributed by atoms with Gasteiger partial charge in [-0.2, -0.15) is 4.98 Å². The predicted octanol–water partition coefficient (Wildman–Crippen LogP) is 1.67. The average molecular weight is 245 g/mol. The van der Waals surface area contributed by atoms with Crippen LogP contribution in [0.15, 0.2) is 24.3 Å². The molecule has 0 radical (unpaired) electrons. The van der Waals surface area contributed by atoms with Crippen molar-refractivity contribution in [2.75, 3.05) is 12.8 Å². The molecule has 0 aliphatic rings. The molecule has 1 aromatic carbocycles. The number of methoxy groups -OCH3 is 1. The molecule has 2 rings (SSSR count). The van der Waals surface area contributed by atoms with Gasteiger partial charge in [-0.05, 0) is 24.6 Å². The van der Waals surface area contributed by atoms with Crippen molar-refractivity contribution in [3.63, 3.8) is 0 Å². The van der Waals surface area contributed by atoms with E-state index in [1.54, 1.807) is 14.0 Å². The number of ether oxygens (including phenoxy) is 1. The van der Waals surface area contributed by atoms with Crippen molar-refractivity contribution in [1.82, 2.24) is 9.97 Å². The molecule has 0 aliphatic carbocycles. The quantitative estimate of drug-likeness (QED) is 0.859. The van der Waals surface area contributed by atoms with Crippen LogP contribution in [0.3, 0.4) is 0 Å². The molecule has 0 unspecified atom stereocenters. The molecule has 5 nitrogen and oxygen atoms in total. The smallest absolute Gasteiger partial charge is 0.223 e. The highest BCUT2D eigenvalue weighted by atomic mass is 16.5. The first kappa shape index (κ1) is 12.2. The van der Waals surface area contributed by atoms with Crippen LogP contribution in [0.4, 0.5) is 5.95 Å². The lowest BCUT2D eigenvalue weighted by molar-refractivity contribution is 0.414. The van der Waals surface area contributed by atoms with E-state index in [1.165, 1.54) is 0 Å². The summed E-state index contributed by atoms with van der Waals surface area (Å²) in [6, 6.07) is 7.63. The molecule has 0 fully saturated rings. The van der Waals surface area contributed by atoms with Crippen LogP contribution >= 0.6 is 0 Å². The Labute approximate surface area is 105 Å². The van der Waals surface area contributed by atoms with Crippen molar-refractivity contribution >= 4 is 5.95 Å². The summed E-state index contributed by atoms with van der Waals surface area (Å²) in [5, 5.41) is 9.78. The molecular formula is C13H15N3O2. The van der Waals surface area contributed by atoms with Crippen LogP contribution < -0.4 is 10.5 Å². The molecule has 1 aromatic heterocycles. The lowest BCUT2D eigenvalue weighted by Crippen LogP contribution is -2.02. The van der Waals surface area contributed by atoms with Crippen molar-refractivity contribution in [2.45, 2.75) is 13.3 Å². The molecule has 0 spiro atoms. The maximum Gasteiger partial charge on any atom is 0.223 e. The van der Waals surface area contributed by atoms with E-state index in [0.29, 0.717) is 17.7 Å². The van der Waals surface area contributed by atoms with Crippen molar-refractivity contribution in [2.24, 2.45) is 0 Å². The van der Waals surface area contributed by atoms with Gasteiger partial charge in [-0.3, -0.25) is 0 Å². The van der Waals surface area contributed by atoms with Gasteiger partial charge in [0.15, 0.2) is 0 Å². The van der Waals surface area contributed by atoms with E-state index in [1.807, 2.05) is 24.3 Å². The first-order valence-corrected chi connectivity index (χ1v) is 5.55. The summed E-state index contributed by atoms with van der Waals surface area (Å²) < 4.78 is 5.09. The fourth-order valence-electron chi connectivity index (χ4n) is 1.76. The number of aryl methyl sites for hydroxylation is 1. The van der Waals surface area contributed by atoms with Gasteiger partial charge in [0.1, 0.15) is 5.75 Å². The van der Waals surface area contributed by atoms with Crippen molar-refractivity contribution in [3.8, 4) is 11.6 Å². The summed E-state index contributed by atoms with van der Waals surface area (Å²) in [6.45, 7) is 1.80. The van der Waals surface area contributed by atoms with Crippen LogP contribution in [0, 0.1) is 6.92 Å². The van der Waals surface area contributed by atoms with Gasteiger partial charge in [-0.15, -0.1) is 0 Å². The molecule has 0 saturated heterocycles. The van der Waals surface area contributed by atoms with Crippen LogP contribution in [-0.2, 0) is 6.42 Å². The third-order valence-electron chi connectivity index (χ3n) is 2.75. The van der Waals surface area contributed by atoms with E-state index < -0.39 is 0 Å². The highest BCUT2D eigenvalue weighted by Crippen LogP contribution is 2.22. The zero-order valence-corrected chi connectivity index (χ0v) is 10.3. The summed E-state index contributed by atoms with van der Waals surface area (Å²) in [6.07, 6.45) is 0.557. The number of anilines is 1. The van der Waals surface area contributed by atoms with Gasteiger partial charge in [-0.1, -0.05) is 12.1 Å². The van der Waals surface area contributed by atoms with Gasteiger partial charge in [0, 0.05) is 12.0 Å². The number of hydrogen-bond acceptors (Lipinski definition) is 5. The Morgan fingerprint density at radius 3 is 2.44 bits per heavy atom. The van der Waals surface area contributed by atoms with E-state index in [2.05, 4.69) is 9.97 Å². The molecule has 5 heteroatoms. The maximum absolute atomic E-state index is 9.78. The summed E-state index contributed by atoms with van der Waals surface area (Å²) >= 11 is 0. The minimum absolute atomic E-state index is 0.0594. The summed E-state index contributed by atoms with van der Waals surface area (Å²) in [5.41, 5.74) is 7.88. The molecule has 0 amide bonds. The van der Waals surface area contributed by atoms with Gasteiger partial charge in [0.05, 0.1) is 12.8 Å². The van der Waals surface area contributed by atoms with E-state index in [4.69, 9.17) is 10.5 Å². The number of benzene rings is 1. The molecule has 0 bridgehead atoms. The molecule has 1 heterocycles. The Morgan fingerprint density at radius 2 is 1.89 bits per heavy atom. The Bertz CT molecular complexity index is 530. The Morgan fingerprint density at radius 1 is 1.22 bits per heavy atom. The van der Waals surface area contributed by atoms with E-state index in [-0.39, 0.29) is 11.8 Å². The normalized spacial score (nSPS) is 10.3. The van der Waals surface area contributed by atoms with E-state index in [9.17, 15) is 5.11 Å². The summed E-state index contributed by atoms with van der Waals surface area (Å²) in [7, 11) is 1.62. The number of nitrogen functional groups attached to an aromatic ring is 1. The number of rotatable bonds is 3. The van der Waals surface area contributed by atoms with Gasteiger partial charge < -0.3 is 15.6 Å². The van der Waals surface area contributed by atoms with Crippen molar-refractivity contribution in [1.29, 1.82) is 0 Å². The van der Waals surface area contributed by atoms with Crippen molar-refractivity contribution in [3.05, 3.63) is 41.1 Å². The third kappa shape index (κ3) is 2.51. The monoisotopic (exact) mass is 245 g/mol. The van der Waals surface area contributed by atoms with Gasteiger partial charge in [0.25, 0.3) is 0 Å². The fourth-order valence-corrected chi connectivity index (χ4v) is 1.76. The number of hydrogen-bond donors (Lipinski definition) is 2. The van der Waals surface area contributed by atoms with Gasteiger partial charge >= 0.3 is 0 Å². The topological polar surface area (TPSA) is 81.3 Å². The summed E-state index contributed by atoms with van der Waals surface area (Å²) in [5.74, 6) is 0.826. The van der Waals surface area contributed by atoms with E-state index >= 15 is 0 Å². The third-order valence-corrected chi connectivity index (χ3v) is 2.75. The average Bonchev–Trinajstić information content (AvgIpc) is 2.34. The fraction of sp³-hybridized carbons (Fsp3) is 0.231. The second kappa shape index (κ2) is 4.91. The van der Waals surface area contributed by atoms with Gasteiger partial charge in [0.2, 0.25) is 11.8 Å². The predicted molar refractivity (Wildman–Crippen MR) is 68.6 cm³/mol. The highest BCUT2D eigenvalue weighted by molar-refractivity contribution is 5.39. The lowest BCUT2D eigenvalue weighted by atomic mass is 10.0. The number of nitrogens with two attached hydrogens (primary N) is 1. The molecule has 0 saturated carbocycles. The minimum Gasteiger partial charge on any atom is -0.497 e. The second-order valence-corrected chi connectivity index (χ2v) is 3.99. The van der Waals surface area contributed by atoms with Gasteiger partial charge in [-0.25, -0.2) is 4.98 Å². The first-order chi connectivity index (χ1) is 8.60. The van der Waals surface area contributed by atoms with E-state index in [0.717, 1.165) is 11.3 Å². The SMILES string of the molecule is COc1ccc(Cc2c(C)nc(N)nc2O)cc1. The largest absolute Gasteiger partial charge is 0.497 e. The maximum atomic E-state index is 9.78. The molecule has 18 heavy (non-hydrogen) atoms.